The van der Waals surface area contributed by atoms with Gasteiger partial charge >= 0.3 is 0 Å². The van der Waals surface area contributed by atoms with Crippen molar-refractivity contribution in [2.75, 3.05) is 19.7 Å². The van der Waals surface area contributed by atoms with Crippen molar-refractivity contribution in [3.63, 3.8) is 0 Å². The Kier molecular flexibility index (Phi) is 4.91. The van der Waals surface area contributed by atoms with Crippen molar-refractivity contribution in [1.29, 1.82) is 0 Å². The number of aromatic nitrogens is 1. The van der Waals surface area contributed by atoms with Crippen LogP contribution in [0.2, 0.25) is 0 Å². The third kappa shape index (κ3) is 3.52. The summed E-state index contributed by atoms with van der Waals surface area (Å²) in [4.78, 5) is 30.1. The molecule has 0 aromatic carbocycles. The Hall–Kier alpha value is -1.95. The van der Waals surface area contributed by atoms with E-state index in [2.05, 4.69) is 10.3 Å². The standard InChI is InChI=1S/C17H23N3O3/c1-2-20-11-13(10-15(20)21)17(22)19-14-4-3-9-23-16(14)12-5-7-18-8-6-12/h5-8,13-14,16H,2-4,9-11H2,1H3,(H,19,22)/t13-,14+,16-/m1/s1. The highest BCUT2D eigenvalue weighted by molar-refractivity contribution is 5.89. The highest BCUT2D eigenvalue weighted by atomic mass is 16.5. The Bertz CT molecular complexity index is 563. The first-order chi connectivity index (χ1) is 11.2. The maximum absolute atomic E-state index is 12.5. The van der Waals surface area contributed by atoms with E-state index in [9.17, 15) is 9.59 Å². The van der Waals surface area contributed by atoms with Crippen LogP contribution in [0, 0.1) is 5.92 Å². The molecule has 0 saturated carbocycles. The molecule has 2 fully saturated rings. The normalized spacial score (nSPS) is 28.0. The first kappa shape index (κ1) is 15.9. The molecule has 0 unspecified atom stereocenters. The number of carbonyl (C=O) groups is 2. The Balaban J connectivity index is 1.65. The summed E-state index contributed by atoms with van der Waals surface area (Å²) in [5.41, 5.74) is 1.03. The SMILES string of the molecule is CCN1C[C@H](C(=O)N[C@H]2CCCO[C@@H]2c2ccncc2)CC1=O. The molecule has 1 aromatic heterocycles. The fourth-order valence-electron chi connectivity index (χ4n) is 3.36. The zero-order valence-electron chi connectivity index (χ0n) is 13.4. The third-order valence-electron chi connectivity index (χ3n) is 4.65. The van der Waals surface area contributed by atoms with Gasteiger partial charge in [-0.25, -0.2) is 0 Å². The summed E-state index contributed by atoms with van der Waals surface area (Å²) in [6.45, 7) is 3.82. The predicted octanol–water partition coefficient (Wildman–Crippen LogP) is 1.29. The van der Waals surface area contributed by atoms with Crippen molar-refractivity contribution < 1.29 is 14.3 Å². The number of ether oxygens (including phenoxy) is 1. The van der Waals surface area contributed by atoms with Gasteiger partial charge in [0.05, 0.1) is 12.0 Å². The van der Waals surface area contributed by atoms with E-state index in [1.165, 1.54) is 0 Å². The molecule has 6 nitrogen and oxygen atoms in total. The second-order valence-electron chi connectivity index (χ2n) is 6.16. The molecule has 0 aliphatic carbocycles. The van der Waals surface area contributed by atoms with Gasteiger partial charge in [0.2, 0.25) is 11.8 Å². The van der Waals surface area contributed by atoms with E-state index in [-0.39, 0.29) is 29.9 Å². The highest BCUT2D eigenvalue weighted by Crippen LogP contribution is 2.29. The van der Waals surface area contributed by atoms with Gasteiger partial charge in [0.1, 0.15) is 6.10 Å². The van der Waals surface area contributed by atoms with E-state index in [0.29, 0.717) is 26.1 Å². The Morgan fingerprint density at radius 2 is 2.22 bits per heavy atom. The van der Waals surface area contributed by atoms with Crippen LogP contribution in [0.3, 0.4) is 0 Å². The van der Waals surface area contributed by atoms with E-state index in [1.807, 2.05) is 19.1 Å². The Labute approximate surface area is 136 Å². The molecule has 0 radical (unpaired) electrons. The van der Waals surface area contributed by atoms with Crippen molar-refractivity contribution in [3.8, 4) is 0 Å². The molecule has 23 heavy (non-hydrogen) atoms. The number of pyridine rings is 1. The fraction of sp³-hybridized carbons (Fsp3) is 0.588. The molecule has 0 spiro atoms. The van der Waals surface area contributed by atoms with Crippen molar-refractivity contribution in [2.45, 2.75) is 38.3 Å². The van der Waals surface area contributed by atoms with Crippen molar-refractivity contribution >= 4 is 11.8 Å². The molecule has 3 atom stereocenters. The van der Waals surface area contributed by atoms with Crippen LogP contribution in [0.5, 0.6) is 0 Å². The lowest BCUT2D eigenvalue weighted by Crippen LogP contribution is -2.45. The zero-order chi connectivity index (χ0) is 16.2. The maximum atomic E-state index is 12.5. The van der Waals surface area contributed by atoms with Gasteiger partial charge in [-0.05, 0) is 37.5 Å². The lowest BCUT2D eigenvalue weighted by atomic mass is 9.95. The van der Waals surface area contributed by atoms with E-state index in [0.717, 1.165) is 18.4 Å². The van der Waals surface area contributed by atoms with Gasteiger partial charge < -0.3 is 15.0 Å². The summed E-state index contributed by atoms with van der Waals surface area (Å²) in [5.74, 6) is -0.218. The number of amides is 2. The number of nitrogens with zero attached hydrogens (tertiary/aromatic N) is 2. The lowest BCUT2D eigenvalue weighted by molar-refractivity contribution is -0.130. The molecule has 2 amide bonds. The second-order valence-corrected chi connectivity index (χ2v) is 6.16. The molecular formula is C17H23N3O3. The van der Waals surface area contributed by atoms with Gasteiger partial charge in [0.25, 0.3) is 0 Å². The fourth-order valence-corrected chi connectivity index (χ4v) is 3.36. The van der Waals surface area contributed by atoms with Crippen molar-refractivity contribution in [3.05, 3.63) is 30.1 Å². The van der Waals surface area contributed by atoms with Crippen LogP contribution in [0.15, 0.2) is 24.5 Å². The quantitative estimate of drug-likeness (QED) is 0.908. The molecule has 3 heterocycles. The maximum Gasteiger partial charge on any atom is 0.225 e. The molecule has 3 rings (SSSR count). The molecule has 6 heteroatoms. The van der Waals surface area contributed by atoms with Crippen LogP contribution in [0.25, 0.3) is 0 Å². The lowest BCUT2D eigenvalue weighted by Gasteiger charge is -2.33. The molecule has 124 valence electrons. The van der Waals surface area contributed by atoms with Gasteiger partial charge in [0, 0.05) is 38.5 Å². The minimum atomic E-state index is -0.248. The Morgan fingerprint density at radius 1 is 1.43 bits per heavy atom. The van der Waals surface area contributed by atoms with Crippen LogP contribution in [0.1, 0.15) is 37.9 Å². The van der Waals surface area contributed by atoms with E-state index < -0.39 is 0 Å². The van der Waals surface area contributed by atoms with Gasteiger partial charge in [-0.3, -0.25) is 14.6 Å². The third-order valence-corrected chi connectivity index (χ3v) is 4.65. The number of hydrogen-bond donors (Lipinski definition) is 1. The number of hydrogen-bond acceptors (Lipinski definition) is 4. The molecule has 2 saturated heterocycles. The summed E-state index contributed by atoms with van der Waals surface area (Å²) in [7, 11) is 0. The molecule has 1 N–H and O–H groups in total. The number of nitrogens with one attached hydrogen (secondary N) is 1. The molecule has 1 aromatic rings. The molecule has 0 bridgehead atoms. The largest absolute Gasteiger partial charge is 0.371 e. The van der Waals surface area contributed by atoms with Crippen LogP contribution in [-0.4, -0.2) is 47.4 Å². The highest BCUT2D eigenvalue weighted by Gasteiger charge is 2.36. The second kappa shape index (κ2) is 7.08. The molecule has 2 aliphatic rings. The summed E-state index contributed by atoms with van der Waals surface area (Å²) in [6, 6.07) is 3.80. The van der Waals surface area contributed by atoms with Crippen LogP contribution < -0.4 is 5.32 Å². The topological polar surface area (TPSA) is 71.5 Å². The first-order valence-corrected chi connectivity index (χ1v) is 8.28. The molecule has 2 aliphatic heterocycles. The number of carbonyl (C=O) groups excluding carboxylic acids is 2. The van der Waals surface area contributed by atoms with Crippen LogP contribution in [-0.2, 0) is 14.3 Å². The predicted molar refractivity (Wildman–Crippen MR) is 84.5 cm³/mol. The summed E-state index contributed by atoms with van der Waals surface area (Å²) >= 11 is 0. The van der Waals surface area contributed by atoms with Crippen molar-refractivity contribution in [2.24, 2.45) is 5.92 Å². The average molecular weight is 317 g/mol. The van der Waals surface area contributed by atoms with Crippen LogP contribution >= 0.6 is 0 Å². The number of rotatable bonds is 4. The smallest absolute Gasteiger partial charge is 0.225 e. The van der Waals surface area contributed by atoms with E-state index in [1.54, 1.807) is 17.3 Å². The van der Waals surface area contributed by atoms with Gasteiger partial charge in [0.15, 0.2) is 0 Å². The van der Waals surface area contributed by atoms with Gasteiger partial charge in [-0.15, -0.1) is 0 Å². The van der Waals surface area contributed by atoms with Gasteiger partial charge in [-0.1, -0.05) is 0 Å². The van der Waals surface area contributed by atoms with Crippen LogP contribution in [0.4, 0.5) is 0 Å². The van der Waals surface area contributed by atoms with E-state index >= 15 is 0 Å². The van der Waals surface area contributed by atoms with Gasteiger partial charge in [-0.2, -0.15) is 0 Å². The molecular weight excluding hydrogens is 294 g/mol. The van der Waals surface area contributed by atoms with Crippen molar-refractivity contribution in [1.82, 2.24) is 15.2 Å². The average Bonchev–Trinajstić information content (AvgIpc) is 2.97. The summed E-state index contributed by atoms with van der Waals surface area (Å²) < 4.78 is 5.88. The minimum absolute atomic E-state index is 0.0381. The monoisotopic (exact) mass is 317 g/mol. The minimum Gasteiger partial charge on any atom is -0.371 e. The van der Waals surface area contributed by atoms with E-state index in [4.69, 9.17) is 4.74 Å². The number of likely N-dealkylation sites (tertiary alicyclic amines) is 1. The Morgan fingerprint density at radius 3 is 2.91 bits per heavy atom. The zero-order valence-corrected chi connectivity index (χ0v) is 13.4. The first-order valence-electron chi connectivity index (χ1n) is 8.28. The summed E-state index contributed by atoms with van der Waals surface area (Å²) in [6.07, 6.45) is 5.46. The summed E-state index contributed by atoms with van der Waals surface area (Å²) in [5, 5.41) is 3.11.